The molecular weight excluding hydrogens is 363 g/mol. The molecule has 120 valence electrons. The third-order valence-corrected chi connectivity index (χ3v) is 4.27. The first-order valence-electron chi connectivity index (χ1n) is 6.46. The molecule has 0 aliphatic rings. The Kier molecular flexibility index (Phi) is 5.52. The summed E-state index contributed by atoms with van der Waals surface area (Å²) in [7, 11) is 0. The molecule has 0 aromatic heterocycles. The molecule has 2 aromatic carbocycles. The molecule has 0 fully saturated rings. The number of rotatable bonds is 5. The van der Waals surface area contributed by atoms with E-state index in [2.05, 4.69) is 0 Å². The van der Waals surface area contributed by atoms with Crippen LogP contribution in [0.15, 0.2) is 36.4 Å². The number of hydrogen-bond acceptors (Lipinski definition) is 2. The molecule has 1 atom stereocenters. The lowest BCUT2D eigenvalue weighted by Gasteiger charge is -2.18. The second-order valence-corrected chi connectivity index (χ2v) is 5.94. The Labute approximate surface area is 147 Å². The molecule has 23 heavy (non-hydrogen) atoms. The zero-order chi connectivity index (χ0) is 17.1. The average molecular weight is 374 g/mol. The van der Waals surface area contributed by atoms with E-state index in [4.69, 9.17) is 39.9 Å². The second-order valence-electron chi connectivity index (χ2n) is 4.79. The standard InChI is InChI=1S/C16H11Cl3O4/c17-7-13(10-4-2-9(18)6-14(10)19)8-1-3-11(15(20)21)12(5-8)16(22)23/h1-6,13H,7H2,(H,20,21)(H,22,23). The fourth-order valence-electron chi connectivity index (χ4n) is 2.28. The van der Waals surface area contributed by atoms with Crippen LogP contribution >= 0.6 is 34.8 Å². The molecule has 0 aliphatic heterocycles. The Morgan fingerprint density at radius 3 is 2.13 bits per heavy atom. The maximum absolute atomic E-state index is 11.3. The van der Waals surface area contributed by atoms with Gasteiger partial charge in [0.15, 0.2) is 0 Å². The number of benzene rings is 2. The van der Waals surface area contributed by atoms with E-state index in [0.717, 1.165) is 0 Å². The monoisotopic (exact) mass is 372 g/mol. The van der Waals surface area contributed by atoms with Crippen LogP contribution in [0.25, 0.3) is 0 Å². The van der Waals surface area contributed by atoms with Crippen LogP contribution in [0.3, 0.4) is 0 Å². The minimum Gasteiger partial charge on any atom is -0.478 e. The normalized spacial score (nSPS) is 12.0. The molecule has 1 unspecified atom stereocenters. The predicted octanol–water partition coefficient (Wildman–Crippen LogP) is 4.76. The first kappa shape index (κ1) is 17.6. The Balaban J connectivity index is 2.56. The van der Waals surface area contributed by atoms with E-state index >= 15 is 0 Å². The molecule has 0 spiro atoms. The van der Waals surface area contributed by atoms with Gasteiger partial charge in [-0.15, -0.1) is 11.6 Å². The molecule has 7 heteroatoms. The van der Waals surface area contributed by atoms with Crippen molar-refractivity contribution >= 4 is 46.7 Å². The minimum atomic E-state index is -1.32. The van der Waals surface area contributed by atoms with Crippen molar-refractivity contribution in [2.45, 2.75) is 5.92 Å². The van der Waals surface area contributed by atoms with Crippen LogP contribution in [-0.2, 0) is 0 Å². The van der Waals surface area contributed by atoms with Gasteiger partial charge in [-0.25, -0.2) is 9.59 Å². The molecule has 0 bridgehead atoms. The van der Waals surface area contributed by atoms with Gasteiger partial charge < -0.3 is 10.2 Å². The summed E-state index contributed by atoms with van der Waals surface area (Å²) < 4.78 is 0. The number of alkyl halides is 1. The zero-order valence-corrected chi connectivity index (χ0v) is 13.9. The number of carboxylic acid groups (broad SMARTS) is 2. The van der Waals surface area contributed by atoms with Gasteiger partial charge in [0.25, 0.3) is 0 Å². The summed E-state index contributed by atoms with van der Waals surface area (Å²) in [4.78, 5) is 22.4. The minimum absolute atomic E-state index is 0.146. The quantitative estimate of drug-likeness (QED) is 0.741. The lowest BCUT2D eigenvalue weighted by atomic mass is 9.90. The highest BCUT2D eigenvalue weighted by molar-refractivity contribution is 6.35. The van der Waals surface area contributed by atoms with Gasteiger partial charge in [-0.3, -0.25) is 0 Å². The highest BCUT2D eigenvalue weighted by Crippen LogP contribution is 2.34. The third kappa shape index (κ3) is 3.78. The van der Waals surface area contributed by atoms with E-state index in [1.165, 1.54) is 18.2 Å². The number of halogens is 3. The van der Waals surface area contributed by atoms with Crippen molar-refractivity contribution in [3.05, 3.63) is 68.7 Å². The van der Waals surface area contributed by atoms with Gasteiger partial charge in [0.2, 0.25) is 0 Å². The topological polar surface area (TPSA) is 74.6 Å². The summed E-state index contributed by atoms with van der Waals surface area (Å²) in [5.74, 6) is -2.87. The summed E-state index contributed by atoms with van der Waals surface area (Å²) >= 11 is 18.1. The van der Waals surface area contributed by atoms with Gasteiger partial charge in [0, 0.05) is 21.8 Å². The van der Waals surface area contributed by atoms with E-state index in [9.17, 15) is 14.7 Å². The molecule has 0 radical (unpaired) electrons. The van der Waals surface area contributed by atoms with E-state index in [-0.39, 0.29) is 22.9 Å². The molecule has 0 saturated carbocycles. The van der Waals surface area contributed by atoms with Crippen LogP contribution in [0, 0.1) is 0 Å². The second kappa shape index (κ2) is 7.21. The molecule has 0 heterocycles. The van der Waals surface area contributed by atoms with Crippen molar-refractivity contribution in [1.82, 2.24) is 0 Å². The summed E-state index contributed by atoms with van der Waals surface area (Å²) in [6.07, 6.45) is 0. The number of carbonyl (C=O) groups is 2. The first-order chi connectivity index (χ1) is 10.8. The van der Waals surface area contributed by atoms with E-state index < -0.39 is 11.9 Å². The maximum atomic E-state index is 11.3. The molecule has 0 aliphatic carbocycles. The van der Waals surface area contributed by atoms with Gasteiger partial charge in [-0.05, 0) is 35.4 Å². The van der Waals surface area contributed by atoms with Gasteiger partial charge >= 0.3 is 11.9 Å². The largest absolute Gasteiger partial charge is 0.478 e. The van der Waals surface area contributed by atoms with E-state index in [1.807, 2.05) is 0 Å². The number of hydrogen-bond donors (Lipinski definition) is 2. The van der Waals surface area contributed by atoms with Gasteiger partial charge in [-0.1, -0.05) is 35.3 Å². The number of aromatic carboxylic acids is 2. The van der Waals surface area contributed by atoms with Crippen LogP contribution in [0.4, 0.5) is 0 Å². The Hall–Kier alpha value is -1.75. The van der Waals surface area contributed by atoms with Crippen molar-refractivity contribution in [2.75, 3.05) is 5.88 Å². The summed E-state index contributed by atoms with van der Waals surface area (Å²) in [5, 5.41) is 19.2. The Morgan fingerprint density at radius 2 is 1.61 bits per heavy atom. The fourth-order valence-corrected chi connectivity index (χ4v) is 3.16. The lowest BCUT2D eigenvalue weighted by Crippen LogP contribution is -2.11. The van der Waals surface area contributed by atoms with Crippen LogP contribution in [0.5, 0.6) is 0 Å². The van der Waals surface area contributed by atoms with Gasteiger partial charge in [0.05, 0.1) is 11.1 Å². The van der Waals surface area contributed by atoms with Gasteiger partial charge in [-0.2, -0.15) is 0 Å². The van der Waals surface area contributed by atoms with E-state index in [1.54, 1.807) is 18.2 Å². The lowest BCUT2D eigenvalue weighted by molar-refractivity contribution is 0.0651. The van der Waals surface area contributed by atoms with Crippen molar-refractivity contribution in [1.29, 1.82) is 0 Å². The molecule has 0 amide bonds. The molecule has 4 nitrogen and oxygen atoms in total. The van der Waals surface area contributed by atoms with Gasteiger partial charge in [0.1, 0.15) is 0 Å². The highest BCUT2D eigenvalue weighted by atomic mass is 35.5. The Bertz CT molecular complexity index is 774. The molecule has 0 saturated heterocycles. The third-order valence-electron chi connectivity index (χ3n) is 3.40. The summed E-state index contributed by atoms with van der Waals surface area (Å²) in [5.41, 5.74) is 0.670. The van der Waals surface area contributed by atoms with Crippen molar-refractivity contribution in [3.8, 4) is 0 Å². The van der Waals surface area contributed by atoms with Crippen molar-refractivity contribution in [3.63, 3.8) is 0 Å². The Morgan fingerprint density at radius 1 is 0.957 bits per heavy atom. The van der Waals surface area contributed by atoms with E-state index in [0.29, 0.717) is 21.2 Å². The SMILES string of the molecule is O=C(O)c1ccc(C(CCl)c2ccc(Cl)cc2Cl)cc1C(=O)O. The maximum Gasteiger partial charge on any atom is 0.336 e. The molecule has 2 N–H and O–H groups in total. The molecular formula is C16H11Cl3O4. The highest BCUT2D eigenvalue weighted by Gasteiger charge is 2.21. The van der Waals surface area contributed by atoms with Crippen LogP contribution < -0.4 is 0 Å². The number of carboxylic acids is 2. The van der Waals surface area contributed by atoms with Crippen molar-refractivity contribution in [2.24, 2.45) is 0 Å². The molecule has 2 aromatic rings. The summed E-state index contributed by atoms with van der Waals surface area (Å²) in [6, 6.07) is 9.04. The van der Waals surface area contributed by atoms with Crippen LogP contribution in [0.2, 0.25) is 10.0 Å². The van der Waals surface area contributed by atoms with Crippen LogP contribution in [0.1, 0.15) is 37.8 Å². The van der Waals surface area contributed by atoms with Crippen molar-refractivity contribution < 1.29 is 19.8 Å². The molecule has 2 rings (SSSR count). The predicted molar refractivity (Wildman–Crippen MR) is 89.4 cm³/mol. The fraction of sp³-hybridized carbons (Fsp3) is 0.125. The first-order valence-corrected chi connectivity index (χ1v) is 7.75. The summed E-state index contributed by atoms with van der Waals surface area (Å²) in [6.45, 7) is 0. The zero-order valence-electron chi connectivity index (χ0n) is 11.6. The van der Waals surface area contributed by atoms with Crippen LogP contribution in [-0.4, -0.2) is 28.0 Å². The smallest absolute Gasteiger partial charge is 0.336 e. The average Bonchev–Trinajstić information content (AvgIpc) is 2.49.